The molecule has 112 valence electrons. The second-order valence-corrected chi connectivity index (χ2v) is 11.8. The molecule has 1 aromatic rings. The van der Waals surface area contributed by atoms with Crippen LogP contribution in [0.2, 0.25) is 18.6 Å². The molecule has 3 atom stereocenters. The summed E-state index contributed by atoms with van der Waals surface area (Å²) in [5.41, 5.74) is 0.538. The normalized spacial score (nSPS) is 23.6. The van der Waals surface area contributed by atoms with Crippen LogP contribution in [-0.2, 0) is 0 Å². The van der Waals surface area contributed by atoms with Gasteiger partial charge in [-0.15, -0.1) is 0 Å². The molecule has 0 amide bonds. The van der Waals surface area contributed by atoms with Gasteiger partial charge in [-0.25, -0.2) is 0 Å². The number of benzene rings is 1. The van der Waals surface area contributed by atoms with Crippen LogP contribution >= 0.6 is 0 Å². The highest BCUT2D eigenvalue weighted by Gasteiger charge is 2.48. The van der Waals surface area contributed by atoms with E-state index in [1.54, 1.807) is 0 Å². The third-order valence-corrected chi connectivity index (χ3v) is 9.60. The van der Waals surface area contributed by atoms with E-state index in [2.05, 4.69) is 50.3 Å². The smallest absolute Gasteiger partial charge is 0.0862 e. The van der Waals surface area contributed by atoms with Crippen molar-refractivity contribution in [3.8, 4) is 0 Å². The molecule has 0 spiro atoms. The summed E-state index contributed by atoms with van der Waals surface area (Å²) in [6.07, 6.45) is 6.80. The molecule has 1 saturated carbocycles. The van der Waals surface area contributed by atoms with E-state index >= 15 is 0 Å². The van der Waals surface area contributed by atoms with Crippen LogP contribution in [0.15, 0.2) is 30.3 Å². The van der Waals surface area contributed by atoms with E-state index in [1.807, 2.05) is 0 Å². The minimum atomic E-state index is -1.55. The van der Waals surface area contributed by atoms with Gasteiger partial charge in [-0.1, -0.05) is 81.2 Å². The molecular weight excluding hydrogens is 260 g/mol. The standard InChI is InChI=1S/C18H30OSi/c1-4-5-7-10-15-13-17(15)18(14-19)20(2,3)16-11-8-6-9-12-16/h6,8-9,11-12,15,17-19H,4-5,7,10,13-14H2,1-3H3/t15-,17+,18+/m1/s1. The largest absolute Gasteiger partial charge is 0.396 e. The van der Waals surface area contributed by atoms with E-state index in [4.69, 9.17) is 0 Å². The molecule has 1 aliphatic carbocycles. The fraction of sp³-hybridized carbons (Fsp3) is 0.667. The number of rotatable bonds is 8. The van der Waals surface area contributed by atoms with Crippen molar-refractivity contribution in [3.05, 3.63) is 30.3 Å². The van der Waals surface area contributed by atoms with Gasteiger partial charge >= 0.3 is 0 Å². The fourth-order valence-corrected chi connectivity index (χ4v) is 7.15. The van der Waals surface area contributed by atoms with Gasteiger partial charge in [0.2, 0.25) is 0 Å². The number of unbranched alkanes of at least 4 members (excludes halogenated alkanes) is 2. The van der Waals surface area contributed by atoms with Crippen LogP contribution in [0.4, 0.5) is 0 Å². The lowest BCUT2D eigenvalue weighted by Crippen LogP contribution is -2.48. The van der Waals surface area contributed by atoms with E-state index in [0.29, 0.717) is 12.1 Å². The highest BCUT2D eigenvalue weighted by atomic mass is 28.3. The highest BCUT2D eigenvalue weighted by molar-refractivity contribution is 6.91. The Balaban J connectivity index is 1.99. The van der Waals surface area contributed by atoms with Gasteiger partial charge in [0.05, 0.1) is 8.07 Å². The third kappa shape index (κ3) is 3.53. The number of aliphatic hydroxyl groups is 1. The van der Waals surface area contributed by atoms with Crippen molar-refractivity contribution in [1.82, 2.24) is 0 Å². The summed E-state index contributed by atoms with van der Waals surface area (Å²) in [4.78, 5) is 0. The molecule has 1 aromatic carbocycles. The summed E-state index contributed by atoms with van der Waals surface area (Å²) >= 11 is 0. The van der Waals surface area contributed by atoms with Crippen LogP contribution in [0.5, 0.6) is 0 Å². The van der Waals surface area contributed by atoms with Gasteiger partial charge in [-0.05, 0) is 23.8 Å². The van der Waals surface area contributed by atoms with E-state index in [0.717, 1.165) is 11.8 Å². The first-order valence-electron chi connectivity index (χ1n) is 8.27. The molecule has 0 aromatic heterocycles. The zero-order valence-electron chi connectivity index (χ0n) is 13.3. The van der Waals surface area contributed by atoms with Crippen LogP contribution in [0, 0.1) is 11.8 Å². The maximum atomic E-state index is 9.96. The van der Waals surface area contributed by atoms with E-state index in [1.165, 1.54) is 37.3 Å². The predicted octanol–water partition coefficient (Wildman–Crippen LogP) is 4.18. The summed E-state index contributed by atoms with van der Waals surface area (Å²) in [7, 11) is -1.55. The quantitative estimate of drug-likeness (QED) is 0.562. The van der Waals surface area contributed by atoms with Crippen LogP contribution in [-0.4, -0.2) is 19.8 Å². The number of hydrogen-bond acceptors (Lipinski definition) is 1. The summed E-state index contributed by atoms with van der Waals surface area (Å²) in [6, 6.07) is 10.9. The van der Waals surface area contributed by atoms with Crippen LogP contribution in [0.25, 0.3) is 0 Å². The molecule has 1 aliphatic rings. The Labute approximate surface area is 125 Å². The monoisotopic (exact) mass is 290 g/mol. The fourth-order valence-electron chi connectivity index (χ4n) is 3.73. The van der Waals surface area contributed by atoms with Crippen molar-refractivity contribution in [3.63, 3.8) is 0 Å². The first-order chi connectivity index (χ1) is 9.61. The molecule has 1 N–H and O–H groups in total. The molecule has 1 nitrogen and oxygen atoms in total. The summed E-state index contributed by atoms with van der Waals surface area (Å²) in [5.74, 6) is 1.69. The van der Waals surface area contributed by atoms with Crippen molar-refractivity contribution in [2.24, 2.45) is 11.8 Å². The molecule has 0 heterocycles. The summed E-state index contributed by atoms with van der Waals surface area (Å²) in [6.45, 7) is 7.52. The lowest BCUT2D eigenvalue weighted by Gasteiger charge is -2.32. The Bertz CT molecular complexity index is 401. The Morgan fingerprint density at radius 2 is 1.90 bits per heavy atom. The molecule has 1 fully saturated rings. The molecule has 0 bridgehead atoms. The second-order valence-electron chi connectivity index (χ2n) is 7.03. The van der Waals surface area contributed by atoms with E-state index in [9.17, 15) is 5.11 Å². The van der Waals surface area contributed by atoms with Crippen molar-refractivity contribution < 1.29 is 5.11 Å². The zero-order chi connectivity index (χ0) is 14.6. The van der Waals surface area contributed by atoms with Crippen molar-refractivity contribution in [1.29, 1.82) is 0 Å². The molecule has 2 rings (SSSR count). The Morgan fingerprint density at radius 1 is 1.20 bits per heavy atom. The van der Waals surface area contributed by atoms with Gasteiger partial charge in [0.25, 0.3) is 0 Å². The molecule has 20 heavy (non-hydrogen) atoms. The highest BCUT2D eigenvalue weighted by Crippen LogP contribution is 2.52. The second kappa shape index (κ2) is 6.90. The minimum Gasteiger partial charge on any atom is -0.396 e. The number of hydrogen-bond donors (Lipinski definition) is 1. The molecule has 0 radical (unpaired) electrons. The summed E-state index contributed by atoms with van der Waals surface area (Å²) < 4.78 is 0. The Kier molecular flexibility index (Phi) is 5.45. The van der Waals surface area contributed by atoms with Crippen molar-refractivity contribution in [2.75, 3.05) is 6.61 Å². The van der Waals surface area contributed by atoms with Gasteiger partial charge < -0.3 is 5.11 Å². The molecule has 0 unspecified atom stereocenters. The lowest BCUT2D eigenvalue weighted by atomic mass is 10.1. The van der Waals surface area contributed by atoms with Gasteiger partial charge in [-0.3, -0.25) is 0 Å². The van der Waals surface area contributed by atoms with Crippen LogP contribution < -0.4 is 5.19 Å². The minimum absolute atomic E-state index is 0.378. The maximum Gasteiger partial charge on any atom is 0.0862 e. The first kappa shape index (κ1) is 15.8. The lowest BCUT2D eigenvalue weighted by molar-refractivity contribution is 0.272. The van der Waals surface area contributed by atoms with Gasteiger partial charge in [0.1, 0.15) is 0 Å². The zero-order valence-corrected chi connectivity index (χ0v) is 14.3. The first-order valence-corrected chi connectivity index (χ1v) is 11.3. The SMILES string of the molecule is CCCCC[C@@H]1C[C@@H]1[C@H](CO)[Si](C)(C)c1ccccc1. The van der Waals surface area contributed by atoms with Crippen molar-refractivity contribution in [2.45, 2.75) is 57.7 Å². The average Bonchev–Trinajstić information content (AvgIpc) is 3.20. The van der Waals surface area contributed by atoms with E-state index < -0.39 is 8.07 Å². The molecular formula is C18H30OSi. The maximum absolute atomic E-state index is 9.96. The average molecular weight is 291 g/mol. The molecule has 0 saturated heterocycles. The van der Waals surface area contributed by atoms with Crippen LogP contribution in [0.3, 0.4) is 0 Å². The summed E-state index contributed by atoms with van der Waals surface area (Å²) in [5, 5.41) is 11.5. The van der Waals surface area contributed by atoms with Crippen LogP contribution in [0.1, 0.15) is 39.0 Å². The third-order valence-electron chi connectivity index (χ3n) is 5.31. The Hall–Kier alpha value is -0.603. The molecule has 0 aliphatic heterocycles. The molecule has 2 heteroatoms. The van der Waals surface area contributed by atoms with Gasteiger partial charge in [0, 0.05) is 6.61 Å². The number of aliphatic hydroxyl groups excluding tert-OH is 1. The topological polar surface area (TPSA) is 20.2 Å². The predicted molar refractivity (Wildman–Crippen MR) is 90.1 cm³/mol. The van der Waals surface area contributed by atoms with Crippen molar-refractivity contribution >= 4 is 13.3 Å². The van der Waals surface area contributed by atoms with Gasteiger partial charge in [-0.2, -0.15) is 0 Å². The van der Waals surface area contributed by atoms with E-state index in [-0.39, 0.29) is 0 Å². The Morgan fingerprint density at radius 3 is 2.50 bits per heavy atom. The van der Waals surface area contributed by atoms with Gasteiger partial charge in [0.15, 0.2) is 0 Å².